The molecule has 0 bridgehead atoms. The molecule has 0 saturated carbocycles. The molecule has 1 saturated heterocycles. The van der Waals surface area contributed by atoms with Crippen molar-refractivity contribution >= 4 is 46.8 Å². The van der Waals surface area contributed by atoms with E-state index >= 15 is 0 Å². The lowest BCUT2D eigenvalue weighted by atomic mass is 9.74. The summed E-state index contributed by atoms with van der Waals surface area (Å²) in [5, 5.41) is 11.2. The Kier molecular flexibility index (Phi) is 6.87. The van der Waals surface area contributed by atoms with Gasteiger partial charge in [0, 0.05) is 6.07 Å². The van der Waals surface area contributed by atoms with Crippen molar-refractivity contribution in [1.82, 2.24) is 0 Å². The maximum absolute atomic E-state index is 12.3. The van der Waals surface area contributed by atoms with Gasteiger partial charge in [0.25, 0.3) is 5.69 Å². The molecule has 32 heavy (non-hydrogen) atoms. The molecule has 0 aliphatic carbocycles. The molecule has 3 rings (SSSR count). The van der Waals surface area contributed by atoms with Crippen LogP contribution in [0.3, 0.4) is 0 Å². The fraction of sp³-hybridized carbons (Fsp3) is 0.409. The zero-order valence-corrected chi connectivity index (χ0v) is 21.0. The Bertz CT molecular complexity index is 1050. The largest absolute Gasteiger partial charge is 0.495 e. The molecular formula is C22H25BINO7. The van der Waals surface area contributed by atoms with Gasteiger partial charge in [-0.05, 0) is 85.9 Å². The molecule has 170 valence electrons. The minimum Gasteiger partial charge on any atom is -0.488 e. The van der Waals surface area contributed by atoms with E-state index in [9.17, 15) is 14.9 Å². The third-order valence-electron chi connectivity index (χ3n) is 6.04. The summed E-state index contributed by atoms with van der Waals surface area (Å²) in [6, 6.07) is 7.89. The van der Waals surface area contributed by atoms with Crippen molar-refractivity contribution in [2.24, 2.45) is 0 Å². The van der Waals surface area contributed by atoms with Gasteiger partial charge in [0.2, 0.25) is 0 Å². The number of nitro benzene ring substituents is 1. The number of carbonyl (C=O) groups is 1. The number of benzene rings is 2. The van der Waals surface area contributed by atoms with Crippen LogP contribution >= 0.6 is 22.6 Å². The van der Waals surface area contributed by atoms with Crippen LogP contribution in [0.1, 0.15) is 49.2 Å². The molecule has 2 aromatic rings. The number of hydrogen-bond donors (Lipinski definition) is 0. The molecule has 10 heteroatoms. The maximum Gasteiger partial charge on any atom is 0.495 e. The maximum atomic E-state index is 12.3. The Hall–Kier alpha value is -2.18. The molecule has 0 radical (unpaired) electrons. The fourth-order valence-corrected chi connectivity index (χ4v) is 3.85. The van der Waals surface area contributed by atoms with Crippen molar-refractivity contribution in [3.05, 3.63) is 60.7 Å². The molecule has 0 aromatic heterocycles. The van der Waals surface area contributed by atoms with Gasteiger partial charge in [-0.15, -0.1) is 0 Å². The summed E-state index contributed by atoms with van der Waals surface area (Å²) in [5.41, 5.74) is 1.36. The summed E-state index contributed by atoms with van der Waals surface area (Å²) < 4.78 is 24.1. The monoisotopic (exact) mass is 553 g/mol. The van der Waals surface area contributed by atoms with E-state index in [0.717, 1.165) is 9.03 Å². The van der Waals surface area contributed by atoms with E-state index in [1.807, 2.05) is 27.7 Å². The van der Waals surface area contributed by atoms with Crippen molar-refractivity contribution in [2.75, 3.05) is 7.11 Å². The SMILES string of the molecule is COC(=O)c1ccc(B2OC(C)(C)C(C)(C)O2)c(COc2cc([N+](=O)[O-])ccc2I)c1C. The van der Waals surface area contributed by atoms with Crippen LogP contribution in [0.15, 0.2) is 30.3 Å². The second-order valence-electron chi connectivity index (χ2n) is 8.55. The Labute approximate surface area is 201 Å². The van der Waals surface area contributed by atoms with Gasteiger partial charge >= 0.3 is 13.1 Å². The molecule has 1 fully saturated rings. The first-order chi connectivity index (χ1) is 14.9. The van der Waals surface area contributed by atoms with Gasteiger partial charge in [-0.2, -0.15) is 0 Å². The smallest absolute Gasteiger partial charge is 0.488 e. The number of halogens is 1. The molecule has 1 aliphatic rings. The van der Waals surface area contributed by atoms with E-state index in [0.29, 0.717) is 22.4 Å². The zero-order valence-electron chi connectivity index (χ0n) is 18.9. The van der Waals surface area contributed by atoms with Crippen LogP contribution in [-0.4, -0.2) is 36.3 Å². The number of non-ortho nitro benzene ring substituents is 1. The van der Waals surface area contributed by atoms with Crippen molar-refractivity contribution in [3.63, 3.8) is 0 Å². The van der Waals surface area contributed by atoms with Gasteiger partial charge in [0.05, 0.1) is 38.4 Å². The van der Waals surface area contributed by atoms with Gasteiger partial charge < -0.3 is 18.8 Å². The Morgan fingerprint density at radius 1 is 1.16 bits per heavy atom. The van der Waals surface area contributed by atoms with Gasteiger partial charge in [0.15, 0.2) is 0 Å². The average Bonchev–Trinajstić information content (AvgIpc) is 2.94. The van der Waals surface area contributed by atoms with E-state index in [1.165, 1.54) is 19.2 Å². The number of hydrogen-bond acceptors (Lipinski definition) is 7. The first kappa shape index (κ1) is 24.5. The summed E-state index contributed by atoms with van der Waals surface area (Å²) in [7, 11) is 0.666. The number of nitro groups is 1. The Morgan fingerprint density at radius 3 is 2.34 bits per heavy atom. The average molecular weight is 553 g/mol. The van der Waals surface area contributed by atoms with Crippen LogP contribution in [0, 0.1) is 20.6 Å². The lowest BCUT2D eigenvalue weighted by Gasteiger charge is -2.32. The predicted octanol–water partition coefficient (Wildman–Crippen LogP) is 4.17. The van der Waals surface area contributed by atoms with E-state index in [1.54, 1.807) is 25.1 Å². The first-order valence-corrected chi connectivity index (χ1v) is 11.1. The van der Waals surface area contributed by atoms with E-state index in [2.05, 4.69) is 22.6 Å². The lowest BCUT2D eigenvalue weighted by Crippen LogP contribution is -2.41. The fourth-order valence-electron chi connectivity index (χ4n) is 3.36. The predicted molar refractivity (Wildman–Crippen MR) is 128 cm³/mol. The lowest BCUT2D eigenvalue weighted by molar-refractivity contribution is -0.385. The third kappa shape index (κ3) is 4.62. The van der Waals surface area contributed by atoms with Gasteiger partial charge in [0.1, 0.15) is 12.4 Å². The molecule has 0 spiro atoms. The van der Waals surface area contributed by atoms with Crippen LogP contribution in [-0.2, 0) is 20.7 Å². The van der Waals surface area contributed by atoms with Crippen molar-refractivity contribution in [3.8, 4) is 5.75 Å². The van der Waals surface area contributed by atoms with Crippen molar-refractivity contribution in [1.29, 1.82) is 0 Å². The summed E-state index contributed by atoms with van der Waals surface area (Å²) in [6.07, 6.45) is 0. The van der Waals surface area contributed by atoms with Gasteiger partial charge in [-0.3, -0.25) is 10.1 Å². The highest BCUT2D eigenvalue weighted by molar-refractivity contribution is 14.1. The van der Waals surface area contributed by atoms with E-state index in [-0.39, 0.29) is 12.3 Å². The molecule has 0 unspecified atom stereocenters. The number of carbonyl (C=O) groups excluding carboxylic acids is 1. The van der Waals surface area contributed by atoms with E-state index < -0.39 is 29.2 Å². The molecule has 1 aliphatic heterocycles. The molecule has 2 aromatic carbocycles. The van der Waals surface area contributed by atoms with Gasteiger partial charge in [-0.1, -0.05) is 6.07 Å². The van der Waals surface area contributed by atoms with Gasteiger partial charge in [-0.25, -0.2) is 4.79 Å². The first-order valence-electron chi connectivity index (χ1n) is 10.0. The highest BCUT2D eigenvalue weighted by Crippen LogP contribution is 2.37. The number of nitrogens with zero attached hydrogens (tertiary/aromatic N) is 1. The Morgan fingerprint density at radius 2 is 1.78 bits per heavy atom. The second-order valence-corrected chi connectivity index (χ2v) is 9.71. The highest BCUT2D eigenvalue weighted by Gasteiger charge is 2.52. The zero-order chi connectivity index (χ0) is 23.8. The van der Waals surface area contributed by atoms with Crippen LogP contribution in [0.2, 0.25) is 0 Å². The molecule has 1 heterocycles. The van der Waals surface area contributed by atoms with Crippen LogP contribution in [0.5, 0.6) is 5.75 Å². The summed E-state index contributed by atoms with van der Waals surface area (Å²) in [4.78, 5) is 23.0. The molecule has 8 nitrogen and oxygen atoms in total. The standard InChI is InChI=1S/C22H25BINO7/c1-13-15(20(26)29-6)8-9-17(23-31-21(2,3)22(4,5)32-23)16(13)12-30-19-11-14(25(27)28)7-10-18(19)24/h7-11H,12H2,1-6H3. The number of esters is 1. The number of rotatable bonds is 6. The second kappa shape index (κ2) is 8.99. The van der Waals surface area contributed by atoms with Crippen LogP contribution < -0.4 is 10.2 Å². The highest BCUT2D eigenvalue weighted by atomic mass is 127. The van der Waals surface area contributed by atoms with Crippen LogP contribution in [0.25, 0.3) is 0 Å². The minimum absolute atomic E-state index is 0.0627. The summed E-state index contributed by atoms with van der Waals surface area (Å²) in [5.74, 6) is -0.0864. The van der Waals surface area contributed by atoms with Crippen molar-refractivity contribution < 1.29 is 28.5 Å². The topological polar surface area (TPSA) is 97.1 Å². The van der Waals surface area contributed by atoms with Crippen molar-refractivity contribution in [2.45, 2.75) is 52.4 Å². The summed E-state index contributed by atoms with van der Waals surface area (Å²) >= 11 is 2.06. The Balaban J connectivity index is 2.02. The van der Waals surface area contributed by atoms with Crippen LogP contribution in [0.4, 0.5) is 5.69 Å². The molecule has 0 atom stereocenters. The minimum atomic E-state index is -0.659. The van der Waals surface area contributed by atoms with E-state index in [4.69, 9.17) is 18.8 Å². The third-order valence-corrected chi connectivity index (χ3v) is 6.94. The molecule has 0 amide bonds. The number of methoxy groups -OCH3 is 1. The normalized spacial score (nSPS) is 16.7. The molecule has 0 N–H and O–H groups in total. The quantitative estimate of drug-likeness (QED) is 0.174. The molecular weight excluding hydrogens is 528 g/mol. The number of ether oxygens (including phenoxy) is 2. The summed E-state index contributed by atoms with van der Waals surface area (Å²) in [6.45, 7) is 9.72.